The number of sulfone groups is 1. The number of para-hydroxylation sites is 1. The molecule has 0 radical (unpaired) electrons. The maximum Gasteiger partial charge on any atom is 0.276 e. The van der Waals surface area contributed by atoms with E-state index in [1.807, 2.05) is 18.2 Å². The maximum atomic E-state index is 12.1. The quantitative estimate of drug-likeness (QED) is 0.690. The van der Waals surface area contributed by atoms with Crippen molar-refractivity contribution in [2.45, 2.75) is 31.1 Å². The van der Waals surface area contributed by atoms with E-state index >= 15 is 0 Å². The molecular weight excluding hydrogens is 380 g/mol. The normalized spacial score (nSPS) is 12.1. The van der Waals surface area contributed by atoms with Gasteiger partial charge in [0, 0.05) is 11.8 Å². The zero-order valence-electron chi connectivity index (χ0n) is 16.1. The lowest BCUT2D eigenvalue weighted by atomic mass is 9.98. The minimum Gasteiger partial charge on any atom is -0.483 e. The number of ether oxygens (including phenoxy) is 1. The molecule has 0 aromatic heterocycles. The van der Waals surface area contributed by atoms with E-state index in [0.29, 0.717) is 11.7 Å². The summed E-state index contributed by atoms with van der Waals surface area (Å²) in [7, 11) is -3.33. The van der Waals surface area contributed by atoms with Gasteiger partial charge in [-0.25, -0.2) is 8.42 Å². The summed E-state index contributed by atoms with van der Waals surface area (Å²) in [6, 6.07) is 12.9. The first-order valence-electron chi connectivity index (χ1n) is 8.83. The van der Waals surface area contributed by atoms with Gasteiger partial charge < -0.3 is 4.74 Å². The highest BCUT2D eigenvalue weighted by Gasteiger charge is 2.13. The van der Waals surface area contributed by atoms with Crippen LogP contribution in [0.15, 0.2) is 53.4 Å². The van der Waals surface area contributed by atoms with Gasteiger partial charge in [0.1, 0.15) is 5.75 Å². The Morgan fingerprint density at radius 1 is 1.04 bits per heavy atom. The van der Waals surface area contributed by atoms with Gasteiger partial charge in [0.15, 0.2) is 16.4 Å². The fourth-order valence-electron chi connectivity index (χ4n) is 2.47. The fourth-order valence-corrected chi connectivity index (χ4v) is 3.10. The number of carbonyl (C=O) groups excluding carboxylic acids is 2. The molecule has 0 aliphatic heterocycles. The molecule has 0 spiro atoms. The van der Waals surface area contributed by atoms with Crippen LogP contribution in [-0.4, -0.2) is 33.1 Å². The first-order valence-corrected chi connectivity index (χ1v) is 10.7. The van der Waals surface area contributed by atoms with Gasteiger partial charge in [-0.1, -0.05) is 32.0 Å². The van der Waals surface area contributed by atoms with Crippen LogP contribution in [0, 0.1) is 0 Å². The summed E-state index contributed by atoms with van der Waals surface area (Å²) in [6.45, 7) is 3.91. The van der Waals surface area contributed by atoms with Gasteiger partial charge in [0.2, 0.25) is 0 Å². The van der Waals surface area contributed by atoms with E-state index in [1.165, 1.54) is 24.3 Å². The van der Waals surface area contributed by atoms with Crippen LogP contribution in [0.3, 0.4) is 0 Å². The molecule has 7 nitrogen and oxygen atoms in total. The van der Waals surface area contributed by atoms with Crippen molar-refractivity contribution in [3.63, 3.8) is 0 Å². The first kappa shape index (κ1) is 21.4. The Morgan fingerprint density at radius 2 is 1.68 bits per heavy atom. The summed E-state index contributed by atoms with van der Waals surface area (Å²) >= 11 is 0. The molecule has 1 unspecified atom stereocenters. The molecule has 0 fully saturated rings. The summed E-state index contributed by atoms with van der Waals surface area (Å²) in [4.78, 5) is 24.1. The molecule has 1 atom stereocenters. The fraction of sp³-hybridized carbons (Fsp3) is 0.300. The van der Waals surface area contributed by atoms with Gasteiger partial charge in [-0.2, -0.15) is 0 Å². The molecule has 2 rings (SSSR count). The summed E-state index contributed by atoms with van der Waals surface area (Å²) in [6.07, 6.45) is 2.03. The van der Waals surface area contributed by atoms with E-state index in [0.717, 1.165) is 18.2 Å². The summed E-state index contributed by atoms with van der Waals surface area (Å²) in [5.74, 6) is -0.142. The van der Waals surface area contributed by atoms with Gasteiger partial charge in [0.25, 0.3) is 11.8 Å². The molecule has 0 aliphatic rings. The van der Waals surface area contributed by atoms with Crippen molar-refractivity contribution >= 4 is 21.7 Å². The van der Waals surface area contributed by atoms with Gasteiger partial charge in [-0.3, -0.25) is 20.4 Å². The van der Waals surface area contributed by atoms with Crippen molar-refractivity contribution in [2.75, 3.05) is 12.9 Å². The third kappa shape index (κ3) is 5.82. The topological polar surface area (TPSA) is 102 Å². The summed E-state index contributed by atoms with van der Waals surface area (Å²) in [5.41, 5.74) is 5.79. The van der Waals surface area contributed by atoms with Crippen LogP contribution < -0.4 is 15.6 Å². The zero-order chi connectivity index (χ0) is 20.7. The lowest BCUT2D eigenvalue weighted by Crippen LogP contribution is -2.43. The average molecular weight is 404 g/mol. The minimum atomic E-state index is -3.33. The summed E-state index contributed by atoms with van der Waals surface area (Å²) < 4.78 is 28.4. The predicted octanol–water partition coefficient (Wildman–Crippen LogP) is 2.44. The Bertz CT molecular complexity index is 939. The molecule has 8 heteroatoms. The first-order chi connectivity index (χ1) is 13.2. The molecule has 150 valence electrons. The van der Waals surface area contributed by atoms with Crippen LogP contribution in [0.4, 0.5) is 0 Å². The maximum absolute atomic E-state index is 12.1. The number of hydrazine groups is 1. The highest BCUT2D eigenvalue weighted by molar-refractivity contribution is 7.90. The van der Waals surface area contributed by atoms with Crippen LogP contribution in [0.1, 0.15) is 42.1 Å². The molecule has 0 heterocycles. The van der Waals surface area contributed by atoms with Crippen molar-refractivity contribution in [1.82, 2.24) is 10.9 Å². The SMILES string of the molecule is CCC(C)c1ccccc1OCC(=O)NNC(=O)c1ccc(S(C)(=O)=O)cc1. The number of hydrogen-bond acceptors (Lipinski definition) is 5. The van der Waals surface area contributed by atoms with Gasteiger partial charge in [-0.15, -0.1) is 0 Å². The van der Waals surface area contributed by atoms with Crippen LogP contribution in [-0.2, 0) is 14.6 Å². The standard InChI is InChI=1S/C20H24N2O5S/c1-4-14(2)17-7-5-6-8-18(17)27-13-19(23)21-22-20(24)15-9-11-16(12-10-15)28(3,25)26/h5-12,14H,4,13H2,1-3H3,(H,21,23)(H,22,24). The van der Waals surface area contributed by atoms with Crippen LogP contribution in [0.25, 0.3) is 0 Å². The molecule has 2 N–H and O–H groups in total. The number of nitrogens with one attached hydrogen (secondary N) is 2. The molecular formula is C20H24N2O5S. The van der Waals surface area contributed by atoms with Crippen LogP contribution in [0.5, 0.6) is 5.75 Å². The Labute approximate surface area is 165 Å². The monoisotopic (exact) mass is 404 g/mol. The predicted molar refractivity (Wildman–Crippen MR) is 106 cm³/mol. The van der Waals surface area contributed by atoms with E-state index in [9.17, 15) is 18.0 Å². The Kier molecular flexibility index (Phi) is 7.17. The van der Waals surface area contributed by atoms with Crippen molar-refractivity contribution in [3.8, 4) is 5.75 Å². The molecule has 0 aliphatic carbocycles. The van der Waals surface area contributed by atoms with Crippen LogP contribution >= 0.6 is 0 Å². The second-order valence-corrected chi connectivity index (χ2v) is 8.45. The Hall–Kier alpha value is -2.87. The molecule has 2 amide bonds. The number of amides is 2. The molecule has 0 saturated heterocycles. The minimum absolute atomic E-state index is 0.112. The second-order valence-electron chi connectivity index (χ2n) is 6.43. The summed E-state index contributed by atoms with van der Waals surface area (Å²) in [5, 5.41) is 0. The van der Waals surface area contributed by atoms with E-state index < -0.39 is 21.7 Å². The van der Waals surface area contributed by atoms with E-state index in [-0.39, 0.29) is 17.1 Å². The molecule has 0 saturated carbocycles. The van der Waals surface area contributed by atoms with Gasteiger partial charge >= 0.3 is 0 Å². The lowest BCUT2D eigenvalue weighted by Gasteiger charge is -2.15. The van der Waals surface area contributed by atoms with Gasteiger partial charge in [-0.05, 0) is 48.2 Å². The van der Waals surface area contributed by atoms with Crippen LogP contribution in [0.2, 0.25) is 0 Å². The van der Waals surface area contributed by atoms with Crippen molar-refractivity contribution in [3.05, 3.63) is 59.7 Å². The second kappa shape index (κ2) is 9.36. The Morgan fingerprint density at radius 3 is 2.29 bits per heavy atom. The van der Waals surface area contributed by atoms with Gasteiger partial charge in [0.05, 0.1) is 4.90 Å². The van der Waals surface area contributed by atoms with Crippen molar-refractivity contribution in [2.24, 2.45) is 0 Å². The molecule has 28 heavy (non-hydrogen) atoms. The highest BCUT2D eigenvalue weighted by atomic mass is 32.2. The third-order valence-corrected chi connectivity index (χ3v) is 5.41. The molecule has 2 aromatic rings. The number of benzene rings is 2. The number of hydrogen-bond donors (Lipinski definition) is 2. The highest BCUT2D eigenvalue weighted by Crippen LogP contribution is 2.28. The molecule has 2 aromatic carbocycles. The largest absolute Gasteiger partial charge is 0.483 e. The average Bonchev–Trinajstić information content (AvgIpc) is 2.69. The Balaban J connectivity index is 1.88. The number of carbonyl (C=O) groups is 2. The lowest BCUT2D eigenvalue weighted by molar-refractivity contribution is -0.123. The van der Waals surface area contributed by atoms with E-state index in [1.54, 1.807) is 6.07 Å². The molecule has 0 bridgehead atoms. The van der Waals surface area contributed by atoms with E-state index in [4.69, 9.17) is 4.74 Å². The van der Waals surface area contributed by atoms with Crippen molar-refractivity contribution < 1.29 is 22.7 Å². The zero-order valence-corrected chi connectivity index (χ0v) is 16.9. The van der Waals surface area contributed by atoms with Crippen molar-refractivity contribution in [1.29, 1.82) is 0 Å². The third-order valence-electron chi connectivity index (χ3n) is 4.28. The van der Waals surface area contributed by atoms with E-state index in [2.05, 4.69) is 24.7 Å². The smallest absolute Gasteiger partial charge is 0.276 e. The number of rotatable bonds is 7.